The minimum atomic E-state index is 0.916. The van der Waals surface area contributed by atoms with E-state index in [9.17, 15) is 0 Å². The molecule has 1 heteroatoms. The molecule has 1 aromatic heterocycles. The van der Waals surface area contributed by atoms with Crippen molar-refractivity contribution >= 4 is 86.6 Å². The molecule has 13 rings (SSSR count). The smallest absolute Gasteiger partial charge is 0.136 e. The molecule has 12 aromatic carbocycles. The lowest BCUT2D eigenvalue weighted by atomic mass is 9.85. The van der Waals surface area contributed by atoms with Gasteiger partial charge in [-0.1, -0.05) is 164 Å². The van der Waals surface area contributed by atoms with Crippen LogP contribution in [0.25, 0.3) is 131 Å². The van der Waals surface area contributed by atoms with Crippen molar-refractivity contribution in [3.63, 3.8) is 0 Å². The summed E-state index contributed by atoms with van der Waals surface area (Å²) in [6.07, 6.45) is 0. The van der Waals surface area contributed by atoms with Crippen molar-refractivity contribution in [1.29, 1.82) is 0 Å². The Bertz CT molecular complexity index is 3880. The van der Waals surface area contributed by atoms with Crippen LogP contribution in [0.15, 0.2) is 223 Å². The van der Waals surface area contributed by atoms with Gasteiger partial charge in [-0.25, -0.2) is 0 Å². The van der Waals surface area contributed by atoms with E-state index in [0.717, 1.165) is 21.9 Å². The second kappa shape index (κ2) is 13.3. The Morgan fingerprint density at radius 3 is 1.03 bits per heavy atom. The van der Waals surface area contributed by atoms with Gasteiger partial charge >= 0.3 is 0 Å². The lowest BCUT2D eigenvalue weighted by Crippen LogP contribution is -1.91. The topological polar surface area (TPSA) is 13.1 Å². The molecule has 0 atom stereocenters. The zero-order valence-electron chi connectivity index (χ0n) is 33.2. The minimum Gasteiger partial charge on any atom is -0.456 e. The van der Waals surface area contributed by atoms with E-state index in [1.807, 2.05) is 0 Å². The number of hydrogen-bond acceptors (Lipinski definition) is 1. The van der Waals surface area contributed by atoms with Crippen molar-refractivity contribution in [2.24, 2.45) is 0 Å². The van der Waals surface area contributed by atoms with E-state index in [1.54, 1.807) is 0 Å². The van der Waals surface area contributed by atoms with Crippen LogP contribution in [-0.4, -0.2) is 0 Å². The van der Waals surface area contributed by atoms with E-state index in [-0.39, 0.29) is 0 Å². The summed E-state index contributed by atoms with van der Waals surface area (Å²) in [6, 6.07) is 80.3. The zero-order chi connectivity index (χ0) is 40.0. The molecule has 282 valence electrons. The summed E-state index contributed by atoms with van der Waals surface area (Å²) >= 11 is 0. The van der Waals surface area contributed by atoms with E-state index >= 15 is 0 Å². The van der Waals surface area contributed by atoms with E-state index in [4.69, 9.17) is 4.42 Å². The van der Waals surface area contributed by atoms with E-state index in [1.165, 1.54) is 109 Å². The highest BCUT2D eigenvalue weighted by Gasteiger charge is 2.18. The Labute approximate surface area is 352 Å². The van der Waals surface area contributed by atoms with Crippen molar-refractivity contribution in [3.05, 3.63) is 218 Å². The molecule has 61 heavy (non-hydrogen) atoms. The molecule has 0 spiro atoms. The zero-order valence-corrected chi connectivity index (χ0v) is 33.2. The first kappa shape index (κ1) is 33.9. The van der Waals surface area contributed by atoms with Crippen LogP contribution in [0.3, 0.4) is 0 Å². The fourth-order valence-electron chi connectivity index (χ4n) is 9.92. The van der Waals surface area contributed by atoms with Gasteiger partial charge in [0.25, 0.3) is 0 Å². The van der Waals surface area contributed by atoms with Crippen LogP contribution >= 0.6 is 0 Å². The summed E-state index contributed by atoms with van der Waals surface area (Å²) in [6.45, 7) is 0. The van der Waals surface area contributed by atoms with Crippen LogP contribution in [-0.2, 0) is 0 Å². The molecule has 0 radical (unpaired) electrons. The third-order valence-electron chi connectivity index (χ3n) is 12.9. The first-order valence-electron chi connectivity index (χ1n) is 21.1. The molecule has 1 heterocycles. The van der Waals surface area contributed by atoms with Crippen LogP contribution in [0.1, 0.15) is 0 Å². The molecule has 0 aliphatic carbocycles. The normalized spacial score (nSPS) is 11.9. The standard InChI is InChI=1S/C60H36O/c1-2-10-38-32-49(25-17-37(38)9-1)59-51-13-5-7-15-53(51)60(54-16-8-6-14-52(54)59)50-26-24-45-30-43(21-23-47(45)33-50)41-18-19-44-31-46(22-20-42(44)29-41)48-27-28-57-55(35-48)56-34-39-11-3-4-12-40(39)36-58(56)61-57/h1-36H. The van der Waals surface area contributed by atoms with Gasteiger partial charge in [-0.15, -0.1) is 0 Å². The maximum Gasteiger partial charge on any atom is 0.136 e. The molecule has 0 fully saturated rings. The largest absolute Gasteiger partial charge is 0.456 e. The predicted molar refractivity (Wildman–Crippen MR) is 260 cm³/mol. The third kappa shape index (κ3) is 5.48. The van der Waals surface area contributed by atoms with Crippen molar-refractivity contribution in [2.45, 2.75) is 0 Å². The Morgan fingerprint density at radius 1 is 0.197 bits per heavy atom. The van der Waals surface area contributed by atoms with Crippen molar-refractivity contribution in [3.8, 4) is 44.5 Å². The number of furan rings is 1. The highest BCUT2D eigenvalue weighted by Crippen LogP contribution is 2.45. The van der Waals surface area contributed by atoms with Gasteiger partial charge in [-0.3, -0.25) is 0 Å². The second-order valence-corrected chi connectivity index (χ2v) is 16.5. The van der Waals surface area contributed by atoms with Crippen molar-refractivity contribution in [2.75, 3.05) is 0 Å². The Hall–Kier alpha value is -8.00. The molecule has 0 bridgehead atoms. The summed E-state index contributed by atoms with van der Waals surface area (Å²) in [4.78, 5) is 0. The fourth-order valence-corrected chi connectivity index (χ4v) is 9.92. The summed E-state index contributed by atoms with van der Waals surface area (Å²) in [5, 5.41) is 17.2. The van der Waals surface area contributed by atoms with Gasteiger partial charge in [0.1, 0.15) is 11.2 Å². The number of hydrogen-bond donors (Lipinski definition) is 0. The summed E-state index contributed by atoms with van der Waals surface area (Å²) in [5.41, 5.74) is 11.7. The van der Waals surface area contributed by atoms with Gasteiger partial charge in [0.05, 0.1) is 0 Å². The molecule has 0 aliphatic heterocycles. The average Bonchev–Trinajstić information content (AvgIpc) is 3.68. The maximum atomic E-state index is 6.29. The fraction of sp³-hybridized carbons (Fsp3) is 0. The number of fused-ring (bicyclic) bond motifs is 9. The van der Waals surface area contributed by atoms with Crippen LogP contribution < -0.4 is 0 Å². The lowest BCUT2D eigenvalue weighted by molar-refractivity contribution is 0.669. The van der Waals surface area contributed by atoms with Gasteiger partial charge in [0, 0.05) is 10.8 Å². The lowest BCUT2D eigenvalue weighted by Gasteiger charge is -2.18. The molecule has 0 N–H and O–H groups in total. The van der Waals surface area contributed by atoms with Gasteiger partial charge < -0.3 is 4.42 Å². The first-order chi connectivity index (χ1) is 30.2. The molecule has 0 unspecified atom stereocenters. The molecule has 0 aliphatic rings. The second-order valence-electron chi connectivity index (χ2n) is 16.5. The van der Waals surface area contributed by atoms with Crippen molar-refractivity contribution in [1.82, 2.24) is 0 Å². The van der Waals surface area contributed by atoms with Crippen molar-refractivity contribution < 1.29 is 4.42 Å². The number of rotatable bonds is 4. The summed E-state index contributed by atoms with van der Waals surface area (Å²) < 4.78 is 6.29. The van der Waals surface area contributed by atoms with Gasteiger partial charge in [0.2, 0.25) is 0 Å². The first-order valence-corrected chi connectivity index (χ1v) is 21.1. The molecule has 1 nitrogen and oxygen atoms in total. The van der Waals surface area contributed by atoms with Crippen LogP contribution in [0.5, 0.6) is 0 Å². The summed E-state index contributed by atoms with van der Waals surface area (Å²) in [5.74, 6) is 0. The number of benzene rings is 12. The molecule has 0 amide bonds. The highest BCUT2D eigenvalue weighted by molar-refractivity contribution is 6.22. The minimum absolute atomic E-state index is 0.916. The van der Waals surface area contributed by atoms with Gasteiger partial charge in [-0.2, -0.15) is 0 Å². The monoisotopic (exact) mass is 772 g/mol. The molecule has 0 saturated carbocycles. The maximum absolute atomic E-state index is 6.29. The van der Waals surface area contributed by atoms with Crippen LogP contribution in [0.2, 0.25) is 0 Å². The predicted octanol–water partition coefficient (Wildman–Crippen LogP) is 17.2. The Morgan fingerprint density at radius 2 is 0.525 bits per heavy atom. The van der Waals surface area contributed by atoms with E-state index in [0.29, 0.717) is 0 Å². The Kier molecular flexibility index (Phi) is 7.37. The van der Waals surface area contributed by atoms with Crippen LogP contribution in [0.4, 0.5) is 0 Å². The Balaban J connectivity index is 0.856. The van der Waals surface area contributed by atoms with E-state index < -0.39 is 0 Å². The van der Waals surface area contributed by atoms with Gasteiger partial charge in [0.15, 0.2) is 0 Å². The molecular weight excluding hydrogens is 737 g/mol. The van der Waals surface area contributed by atoms with Gasteiger partial charge in [-0.05, 0) is 164 Å². The molecule has 0 saturated heterocycles. The van der Waals surface area contributed by atoms with Crippen LogP contribution in [0, 0.1) is 0 Å². The van der Waals surface area contributed by atoms with E-state index in [2.05, 4.69) is 218 Å². The highest BCUT2D eigenvalue weighted by atomic mass is 16.3. The average molecular weight is 773 g/mol. The molecule has 13 aromatic rings. The SMILES string of the molecule is c1ccc2cc(-c3c4ccccc4c(-c4ccc5cc(-c6ccc7cc(-c8ccc9oc%10cc%11ccccc%11cc%10c9c8)ccc7c6)ccc5c4)c4ccccc34)ccc2c1. The third-order valence-corrected chi connectivity index (χ3v) is 12.9. The summed E-state index contributed by atoms with van der Waals surface area (Å²) in [7, 11) is 0. The molecular formula is C60H36O. The quantitative estimate of drug-likeness (QED) is 0.162.